The first-order valence-electron chi connectivity index (χ1n) is 5.56. The summed E-state index contributed by atoms with van der Waals surface area (Å²) in [6.07, 6.45) is 2.36. The predicted molar refractivity (Wildman–Crippen MR) is 66.6 cm³/mol. The summed E-state index contributed by atoms with van der Waals surface area (Å²) in [5, 5.41) is 4.32. The molecule has 0 aliphatic heterocycles. The van der Waals surface area contributed by atoms with E-state index in [0.29, 0.717) is 23.6 Å². The van der Waals surface area contributed by atoms with Crippen LogP contribution in [0, 0.1) is 5.82 Å². The third-order valence-corrected chi connectivity index (χ3v) is 2.71. The van der Waals surface area contributed by atoms with Gasteiger partial charge in [-0.2, -0.15) is 5.10 Å². The van der Waals surface area contributed by atoms with E-state index in [1.165, 1.54) is 12.1 Å². The van der Waals surface area contributed by atoms with Crippen LogP contribution in [0.2, 0.25) is 0 Å². The zero-order chi connectivity index (χ0) is 12.5. The molecule has 4 nitrogen and oxygen atoms in total. The number of rotatable bonds is 2. The Morgan fingerprint density at radius 2 is 1.94 bits per heavy atom. The average Bonchev–Trinajstić information content (AvgIpc) is 2.76. The van der Waals surface area contributed by atoms with Crippen LogP contribution in [0.15, 0.2) is 42.6 Å². The van der Waals surface area contributed by atoms with Crippen molar-refractivity contribution in [3.63, 3.8) is 0 Å². The van der Waals surface area contributed by atoms with E-state index in [1.54, 1.807) is 28.9 Å². The first kappa shape index (κ1) is 10.7. The van der Waals surface area contributed by atoms with Crippen LogP contribution in [0.5, 0.6) is 0 Å². The molecule has 2 heterocycles. The smallest absolute Gasteiger partial charge is 0.178 e. The first-order valence-corrected chi connectivity index (χ1v) is 5.56. The normalized spacial score (nSPS) is 10.9. The molecule has 0 bridgehead atoms. The standard InChI is InChI=1S/C13H11FN4/c14-10-5-3-9(4-6-10)8-12-16-13-11(15)2-1-7-18(13)17-12/h1-7H,8,15H2. The number of nitrogens with two attached hydrogens (primary N) is 1. The minimum atomic E-state index is -0.244. The van der Waals surface area contributed by atoms with E-state index in [0.717, 1.165) is 5.56 Å². The molecular weight excluding hydrogens is 231 g/mol. The van der Waals surface area contributed by atoms with Crippen molar-refractivity contribution in [3.05, 3.63) is 59.8 Å². The second-order valence-electron chi connectivity index (χ2n) is 4.06. The van der Waals surface area contributed by atoms with Gasteiger partial charge in [0.1, 0.15) is 5.82 Å². The number of hydrogen-bond acceptors (Lipinski definition) is 3. The highest BCUT2D eigenvalue weighted by Crippen LogP contribution is 2.13. The lowest BCUT2D eigenvalue weighted by Gasteiger charge is -1.95. The molecule has 0 radical (unpaired) electrons. The molecule has 90 valence electrons. The lowest BCUT2D eigenvalue weighted by atomic mass is 10.1. The summed E-state index contributed by atoms with van der Waals surface area (Å²) in [6.45, 7) is 0. The maximum Gasteiger partial charge on any atom is 0.178 e. The Morgan fingerprint density at radius 1 is 1.17 bits per heavy atom. The SMILES string of the molecule is Nc1cccn2nc(Cc3ccc(F)cc3)nc12. The Labute approximate surface area is 103 Å². The molecule has 0 aliphatic rings. The van der Waals surface area contributed by atoms with E-state index >= 15 is 0 Å². The number of halogens is 1. The van der Waals surface area contributed by atoms with Gasteiger partial charge in [0.2, 0.25) is 0 Å². The molecular formula is C13H11FN4. The van der Waals surface area contributed by atoms with Crippen molar-refractivity contribution in [3.8, 4) is 0 Å². The Morgan fingerprint density at radius 3 is 2.67 bits per heavy atom. The molecule has 2 aromatic heterocycles. The Bertz CT molecular complexity index is 688. The summed E-state index contributed by atoms with van der Waals surface area (Å²) < 4.78 is 14.4. The fourth-order valence-corrected chi connectivity index (χ4v) is 1.83. The number of benzene rings is 1. The Kier molecular flexibility index (Phi) is 2.44. The van der Waals surface area contributed by atoms with Gasteiger partial charge in [0.15, 0.2) is 11.5 Å². The molecule has 0 fully saturated rings. The maximum absolute atomic E-state index is 12.8. The fourth-order valence-electron chi connectivity index (χ4n) is 1.83. The molecule has 0 atom stereocenters. The number of pyridine rings is 1. The van der Waals surface area contributed by atoms with Crippen LogP contribution in [0.3, 0.4) is 0 Å². The third kappa shape index (κ3) is 1.90. The number of aromatic nitrogens is 3. The van der Waals surface area contributed by atoms with Gasteiger partial charge in [0.25, 0.3) is 0 Å². The zero-order valence-corrected chi connectivity index (χ0v) is 9.55. The van der Waals surface area contributed by atoms with Crippen molar-refractivity contribution in [1.29, 1.82) is 0 Å². The van der Waals surface area contributed by atoms with Crippen molar-refractivity contribution in [2.24, 2.45) is 0 Å². The van der Waals surface area contributed by atoms with Crippen molar-refractivity contribution < 1.29 is 4.39 Å². The highest BCUT2D eigenvalue weighted by atomic mass is 19.1. The van der Waals surface area contributed by atoms with E-state index in [9.17, 15) is 4.39 Å². The second-order valence-corrected chi connectivity index (χ2v) is 4.06. The van der Waals surface area contributed by atoms with Crippen LogP contribution < -0.4 is 5.73 Å². The topological polar surface area (TPSA) is 56.2 Å². The highest BCUT2D eigenvalue weighted by Gasteiger charge is 2.06. The van der Waals surface area contributed by atoms with Crippen molar-refractivity contribution in [2.45, 2.75) is 6.42 Å². The summed E-state index contributed by atoms with van der Waals surface area (Å²) in [6, 6.07) is 9.91. The minimum Gasteiger partial charge on any atom is -0.396 e. The number of hydrogen-bond donors (Lipinski definition) is 1. The number of nitrogen functional groups attached to an aromatic ring is 1. The van der Waals surface area contributed by atoms with Crippen molar-refractivity contribution in [2.75, 3.05) is 5.73 Å². The lowest BCUT2D eigenvalue weighted by molar-refractivity contribution is 0.627. The van der Waals surface area contributed by atoms with Crippen molar-refractivity contribution in [1.82, 2.24) is 14.6 Å². The summed E-state index contributed by atoms with van der Waals surface area (Å²) in [5.41, 5.74) is 8.01. The Hall–Kier alpha value is -2.43. The van der Waals surface area contributed by atoms with Crippen LogP contribution >= 0.6 is 0 Å². The molecule has 0 saturated carbocycles. The molecule has 0 saturated heterocycles. The van der Waals surface area contributed by atoms with Crippen LogP contribution in [0.1, 0.15) is 11.4 Å². The first-order chi connectivity index (χ1) is 8.72. The van der Waals surface area contributed by atoms with Crippen LogP contribution in [-0.2, 0) is 6.42 Å². The summed E-state index contributed by atoms with van der Waals surface area (Å²) >= 11 is 0. The third-order valence-electron chi connectivity index (χ3n) is 2.71. The summed E-state index contributed by atoms with van der Waals surface area (Å²) in [5.74, 6) is 0.422. The summed E-state index contributed by atoms with van der Waals surface area (Å²) in [4.78, 5) is 4.36. The largest absolute Gasteiger partial charge is 0.396 e. The van der Waals surface area contributed by atoms with Gasteiger partial charge in [-0.25, -0.2) is 13.9 Å². The van der Waals surface area contributed by atoms with Gasteiger partial charge in [-0.1, -0.05) is 12.1 Å². The molecule has 1 aromatic carbocycles. The van der Waals surface area contributed by atoms with E-state index in [-0.39, 0.29) is 5.82 Å². The van der Waals surface area contributed by atoms with E-state index in [1.807, 2.05) is 6.07 Å². The zero-order valence-electron chi connectivity index (χ0n) is 9.55. The lowest BCUT2D eigenvalue weighted by Crippen LogP contribution is -1.92. The molecule has 0 aliphatic carbocycles. The monoisotopic (exact) mass is 242 g/mol. The molecule has 3 aromatic rings. The van der Waals surface area contributed by atoms with Crippen LogP contribution in [0.4, 0.5) is 10.1 Å². The van der Waals surface area contributed by atoms with Gasteiger partial charge >= 0.3 is 0 Å². The number of anilines is 1. The van der Waals surface area contributed by atoms with Gasteiger partial charge in [-0.15, -0.1) is 0 Å². The van der Waals surface area contributed by atoms with Gasteiger partial charge in [0.05, 0.1) is 5.69 Å². The average molecular weight is 242 g/mol. The highest BCUT2D eigenvalue weighted by molar-refractivity contribution is 5.63. The predicted octanol–water partition coefficient (Wildman–Crippen LogP) is 2.04. The van der Waals surface area contributed by atoms with Crippen LogP contribution in [0.25, 0.3) is 5.65 Å². The second kappa shape index (κ2) is 4.10. The fraction of sp³-hybridized carbons (Fsp3) is 0.0769. The summed E-state index contributed by atoms with van der Waals surface area (Å²) in [7, 11) is 0. The van der Waals surface area contributed by atoms with E-state index < -0.39 is 0 Å². The quantitative estimate of drug-likeness (QED) is 0.748. The Balaban J connectivity index is 1.95. The maximum atomic E-state index is 12.8. The molecule has 0 unspecified atom stereocenters. The number of nitrogens with zero attached hydrogens (tertiary/aromatic N) is 3. The number of fused-ring (bicyclic) bond motifs is 1. The van der Waals surface area contributed by atoms with Crippen molar-refractivity contribution >= 4 is 11.3 Å². The van der Waals surface area contributed by atoms with E-state index in [2.05, 4.69) is 10.1 Å². The van der Waals surface area contributed by atoms with Gasteiger partial charge in [-0.3, -0.25) is 0 Å². The molecule has 18 heavy (non-hydrogen) atoms. The van der Waals surface area contributed by atoms with Gasteiger partial charge < -0.3 is 5.73 Å². The molecule has 0 spiro atoms. The molecule has 0 amide bonds. The molecule has 5 heteroatoms. The van der Waals surface area contributed by atoms with E-state index in [4.69, 9.17) is 5.73 Å². The van der Waals surface area contributed by atoms with Gasteiger partial charge in [-0.05, 0) is 29.8 Å². The minimum absolute atomic E-state index is 0.244. The molecule has 3 rings (SSSR count). The van der Waals surface area contributed by atoms with Crippen LogP contribution in [-0.4, -0.2) is 14.6 Å². The molecule has 2 N–H and O–H groups in total. The van der Waals surface area contributed by atoms with Gasteiger partial charge in [0, 0.05) is 12.6 Å².